The molecule has 0 aliphatic heterocycles. The number of amides is 1. The summed E-state index contributed by atoms with van der Waals surface area (Å²) >= 11 is 5.75. The Labute approximate surface area is 93.6 Å². The summed E-state index contributed by atoms with van der Waals surface area (Å²) in [5.41, 5.74) is 0. The van der Waals surface area contributed by atoms with Gasteiger partial charge in [0.15, 0.2) is 17.5 Å². The number of carbonyl (C=O) groups is 1. The molecular formula is C10H13ClN2O2. The molecule has 0 unspecified atom stereocenters. The zero-order valence-corrected chi connectivity index (χ0v) is 9.41. The Bertz CT molecular complexity index is 342. The Morgan fingerprint density at radius 1 is 1.67 bits per heavy atom. The molecule has 0 atom stereocenters. The van der Waals surface area contributed by atoms with E-state index in [1.54, 1.807) is 18.3 Å². The van der Waals surface area contributed by atoms with Crippen molar-refractivity contribution in [1.29, 1.82) is 0 Å². The van der Waals surface area contributed by atoms with E-state index in [0.29, 0.717) is 5.75 Å². The van der Waals surface area contributed by atoms with Crippen molar-refractivity contribution in [3.63, 3.8) is 0 Å². The van der Waals surface area contributed by atoms with Crippen LogP contribution < -0.4 is 10.1 Å². The number of nitrogens with zero attached hydrogens (tertiary/aromatic N) is 1. The van der Waals surface area contributed by atoms with Crippen LogP contribution in [0.25, 0.3) is 0 Å². The Morgan fingerprint density at radius 3 is 3.00 bits per heavy atom. The number of carbonyl (C=O) groups excluding carboxylic acids is 1. The molecule has 4 nitrogen and oxygen atoms in total. The molecule has 0 aliphatic carbocycles. The van der Waals surface area contributed by atoms with Crippen LogP contribution in [0, 0.1) is 0 Å². The molecule has 0 aliphatic rings. The number of rotatable bonds is 4. The fourth-order valence-electron chi connectivity index (χ4n) is 0.986. The van der Waals surface area contributed by atoms with Gasteiger partial charge in [-0.1, -0.05) is 11.6 Å². The molecule has 0 saturated heterocycles. The molecule has 0 fully saturated rings. The van der Waals surface area contributed by atoms with E-state index < -0.39 is 0 Å². The van der Waals surface area contributed by atoms with Gasteiger partial charge in [-0.2, -0.15) is 0 Å². The summed E-state index contributed by atoms with van der Waals surface area (Å²) in [6, 6.07) is 3.46. The molecule has 1 aromatic heterocycles. The Hall–Kier alpha value is -1.29. The molecule has 0 saturated carbocycles. The third-order valence-corrected chi connectivity index (χ3v) is 1.82. The predicted molar refractivity (Wildman–Crippen MR) is 58.0 cm³/mol. The SMILES string of the molecule is CC(C)NC(=O)COc1cccnc1Cl. The third-order valence-electron chi connectivity index (χ3n) is 1.53. The van der Waals surface area contributed by atoms with Crippen LogP contribution in [-0.4, -0.2) is 23.5 Å². The lowest BCUT2D eigenvalue weighted by molar-refractivity contribution is -0.123. The molecule has 0 radical (unpaired) electrons. The lowest BCUT2D eigenvalue weighted by Gasteiger charge is -2.09. The summed E-state index contributed by atoms with van der Waals surface area (Å²) in [7, 11) is 0. The quantitative estimate of drug-likeness (QED) is 0.798. The minimum Gasteiger partial charge on any atom is -0.481 e. The number of aromatic nitrogens is 1. The maximum atomic E-state index is 11.2. The summed E-state index contributed by atoms with van der Waals surface area (Å²) in [4.78, 5) is 15.1. The highest BCUT2D eigenvalue weighted by atomic mass is 35.5. The lowest BCUT2D eigenvalue weighted by atomic mass is 10.4. The van der Waals surface area contributed by atoms with Gasteiger partial charge in [-0.15, -0.1) is 0 Å². The normalized spacial score (nSPS) is 10.1. The van der Waals surface area contributed by atoms with Crippen LogP contribution in [0.15, 0.2) is 18.3 Å². The van der Waals surface area contributed by atoms with Crippen molar-refractivity contribution in [1.82, 2.24) is 10.3 Å². The van der Waals surface area contributed by atoms with Crippen LogP contribution in [0.4, 0.5) is 0 Å². The van der Waals surface area contributed by atoms with E-state index in [1.165, 1.54) is 0 Å². The molecule has 15 heavy (non-hydrogen) atoms. The zero-order valence-electron chi connectivity index (χ0n) is 8.66. The number of hydrogen-bond donors (Lipinski definition) is 1. The second-order valence-corrected chi connectivity index (χ2v) is 3.66. The van der Waals surface area contributed by atoms with E-state index in [2.05, 4.69) is 10.3 Å². The zero-order chi connectivity index (χ0) is 11.3. The Morgan fingerprint density at radius 2 is 2.40 bits per heavy atom. The van der Waals surface area contributed by atoms with Crippen molar-refractivity contribution in [3.8, 4) is 5.75 Å². The molecule has 0 bridgehead atoms. The van der Waals surface area contributed by atoms with Gasteiger partial charge in [0.05, 0.1) is 0 Å². The molecule has 1 heterocycles. The maximum absolute atomic E-state index is 11.2. The van der Waals surface area contributed by atoms with E-state index in [1.807, 2.05) is 13.8 Å². The summed E-state index contributed by atoms with van der Waals surface area (Å²) < 4.78 is 5.19. The first-order valence-electron chi connectivity index (χ1n) is 4.62. The molecule has 0 aromatic carbocycles. The molecule has 1 amide bonds. The van der Waals surface area contributed by atoms with Gasteiger partial charge >= 0.3 is 0 Å². The van der Waals surface area contributed by atoms with E-state index in [0.717, 1.165) is 0 Å². The second kappa shape index (κ2) is 5.56. The Kier molecular flexibility index (Phi) is 4.37. The molecule has 1 N–H and O–H groups in total. The molecule has 0 spiro atoms. The summed E-state index contributed by atoms with van der Waals surface area (Å²) in [5, 5.41) is 2.96. The average Bonchev–Trinajstić information content (AvgIpc) is 2.15. The molecule has 1 aromatic rings. The van der Waals surface area contributed by atoms with E-state index in [-0.39, 0.29) is 23.7 Å². The summed E-state index contributed by atoms with van der Waals surface area (Å²) in [5.74, 6) is 0.239. The molecule has 82 valence electrons. The van der Waals surface area contributed by atoms with Crippen LogP contribution in [0.3, 0.4) is 0 Å². The largest absolute Gasteiger partial charge is 0.481 e. The van der Waals surface area contributed by atoms with Gasteiger partial charge in [0.1, 0.15) is 0 Å². The minimum atomic E-state index is -0.176. The fraction of sp³-hybridized carbons (Fsp3) is 0.400. The van der Waals surface area contributed by atoms with Crippen molar-refractivity contribution in [2.45, 2.75) is 19.9 Å². The monoisotopic (exact) mass is 228 g/mol. The number of halogens is 1. The van der Waals surface area contributed by atoms with Gasteiger partial charge in [-0.05, 0) is 26.0 Å². The van der Waals surface area contributed by atoms with E-state index in [9.17, 15) is 4.79 Å². The highest BCUT2D eigenvalue weighted by Crippen LogP contribution is 2.19. The molecule has 1 rings (SSSR count). The number of nitrogens with one attached hydrogen (secondary N) is 1. The van der Waals surface area contributed by atoms with Gasteiger partial charge in [-0.3, -0.25) is 4.79 Å². The summed E-state index contributed by atoms with van der Waals surface area (Å²) in [6.07, 6.45) is 1.56. The van der Waals surface area contributed by atoms with Gasteiger partial charge in [0.2, 0.25) is 0 Å². The van der Waals surface area contributed by atoms with Crippen molar-refractivity contribution < 1.29 is 9.53 Å². The van der Waals surface area contributed by atoms with Gasteiger partial charge < -0.3 is 10.1 Å². The van der Waals surface area contributed by atoms with Crippen LogP contribution in [-0.2, 0) is 4.79 Å². The minimum absolute atomic E-state index is 0.0520. The highest BCUT2D eigenvalue weighted by Gasteiger charge is 2.06. The first-order chi connectivity index (χ1) is 7.09. The number of ether oxygens (including phenoxy) is 1. The van der Waals surface area contributed by atoms with Crippen LogP contribution >= 0.6 is 11.6 Å². The predicted octanol–water partition coefficient (Wildman–Crippen LogP) is 1.64. The summed E-state index contributed by atoms with van der Waals surface area (Å²) in [6.45, 7) is 3.72. The van der Waals surface area contributed by atoms with Crippen molar-refractivity contribution in [2.24, 2.45) is 0 Å². The van der Waals surface area contributed by atoms with Crippen LogP contribution in [0.1, 0.15) is 13.8 Å². The lowest BCUT2D eigenvalue weighted by Crippen LogP contribution is -2.34. The van der Waals surface area contributed by atoms with Crippen LogP contribution in [0.5, 0.6) is 5.75 Å². The highest BCUT2D eigenvalue weighted by molar-refractivity contribution is 6.30. The second-order valence-electron chi connectivity index (χ2n) is 3.30. The molecule has 5 heteroatoms. The fourth-order valence-corrected chi connectivity index (χ4v) is 1.16. The first-order valence-corrected chi connectivity index (χ1v) is 5.00. The Balaban J connectivity index is 2.44. The van der Waals surface area contributed by atoms with Crippen molar-refractivity contribution in [3.05, 3.63) is 23.5 Å². The van der Waals surface area contributed by atoms with Gasteiger partial charge in [0.25, 0.3) is 5.91 Å². The third kappa shape index (κ3) is 4.16. The average molecular weight is 229 g/mol. The van der Waals surface area contributed by atoms with E-state index >= 15 is 0 Å². The smallest absolute Gasteiger partial charge is 0.258 e. The number of hydrogen-bond acceptors (Lipinski definition) is 3. The first kappa shape index (κ1) is 11.8. The van der Waals surface area contributed by atoms with Crippen LogP contribution in [0.2, 0.25) is 5.15 Å². The topological polar surface area (TPSA) is 51.2 Å². The van der Waals surface area contributed by atoms with Crippen molar-refractivity contribution in [2.75, 3.05) is 6.61 Å². The standard InChI is InChI=1S/C10H13ClN2O2/c1-7(2)13-9(14)6-15-8-4-3-5-12-10(8)11/h3-5,7H,6H2,1-2H3,(H,13,14). The number of pyridine rings is 1. The van der Waals surface area contributed by atoms with Crippen molar-refractivity contribution >= 4 is 17.5 Å². The maximum Gasteiger partial charge on any atom is 0.258 e. The van der Waals surface area contributed by atoms with Gasteiger partial charge in [0, 0.05) is 12.2 Å². The van der Waals surface area contributed by atoms with E-state index in [4.69, 9.17) is 16.3 Å². The van der Waals surface area contributed by atoms with Gasteiger partial charge in [-0.25, -0.2) is 4.98 Å². The molecular weight excluding hydrogens is 216 g/mol.